The summed E-state index contributed by atoms with van der Waals surface area (Å²) in [5.41, 5.74) is 3.08. The van der Waals surface area contributed by atoms with Crippen LogP contribution in [0.1, 0.15) is 10.6 Å². The number of halogens is 1. The van der Waals surface area contributed by atoms with Crippen molar-refractivity contribution in [3.63, 3.8) is 0 Å². The Labute approximate surface area is 217 Å². The molecule has 5 aromatic rings. The zero-order valence-corrected chi connectivity index (χ0v) is 20.6. The Kier molecular flexibility index (Phi) is 6.32. The fraction of sp³-hybridized carbons (Fsp3) is 0. The van der Waals surface area contributed by atoms with Crippen molar-refractivity contribution in [1.29, 1.82) is 0 Å². The van der Waals surface area contributed by atoms with Gasteiger partial charge in [0.05, 0.1) is 4.92 Å². The number of rotatable bonds is 5. The van der Waals surface area contributed by atoms with E-state index in [0.717, 1.165) is 10.0 Å². The van der Waals surface area contributed by atoms with Crippen LogP contribution in [0.4, 0.5) is 11.4 Å². The summed E-state index contributed by atoms with van der Waals surface area (Å²) in [4.78, 5) is 27.6. The predicted molar refractivity (Wildman–Crippen MR) is 142 cm³/mol. The zero-order chi connectivity index (χ0) is 25.2. The van der Waals surface area contributed by atoms with E-state index in [0.29, 0.717) is 34.0 Å². The van der Waals surface area contributed by atoms with E-state index in [-0.39, 0.29) is 16.6 Å². The van der Waals surface area contributed by atoms with Crippen molar-refractivity contribution < 1.29 is 18.6 Å². The second kappa shape index (κ2) is 9.72. The summed E-state index contributed by atoms with van der Waals surface area (Å²) in [6.07, 6.45) is 0. The van der Waals surface area contributed by atoms with E-state index in [4.69, 9.17) is 21.1 Å². The van der Waals surface area contributed by atoms with Crippen molar-refractivity contribution in [2.24, 2.45) is 0 Å². The number of furan rings is 1. The molecule has 36 heavy (non-hydrogen) atoms. The minimum absolute atomic E-state index is 0.00581. The van der Waals surface area contributed by atoms with Gasteiger partial charge in [-0.3, -0.25) is 20.2 Å². The Morgan fingerprint density at radius 3 is 2.58 bits per heavy atom. The zero-order valence-electron chi connectivity index (χ0n) is 18.2. The number of nitrogens with zero attached hydrogens (tertiary/aromatic N) is 2. The topological polar surface area (TPSA) is 123 Å². The van der Waals surface area contributed by atoms with Gasteiger partial charge in [-0.25, -0.2) is 4.98 Å². The van der Waals surface area contributed by atoms with Crippen molar-refractivity contribution in [2.45, 2.75) is 0 Å². The van der Waals surface area contributed by atoms with Crippen LogP contribution in [0, 0.1) is 10.1 Å². The molecule has 5 rings (SSSR count). The number of nitrogens with one attached hydrogen (secondary N) is 2. The molecule has 2 aromatic heterocycles. The molecule has 0 bridgehead atoms. The number of oxazole rings is 1. The number of anilines is 1. The van der Waals surface area contributed by atoms with Crippen LogP contribution in [0.5, 0.6) is 0 Å². The van der Waals surface area contributed by atoms with Crippen LogP contribution in [0.15, 0.2) is 92.2 Å². The first-order chi connectivity index (χ1) is 17.4. The number of benzene rings is 3. The molecule has 0 aliphatic carbocycles. The highest BCUT2D eigenvalue weighted by atomic mass is 79.9. The SMILES string of the molecule is O=C(NC(=S)Nc1ccc2oc(-c3cccc(Br)c3)nc2c1)c1ccc(-c2cccc([N+](=O)[O-])c2)o1. The molecule has 0 radical (unpaired) electrons. The Morgan fingerprint density at radius 1 is 0.972 bits per heavy atom. The normalized spacial score (nSPS) is 10.8. The van der Waals surface area contributed by atoms with Crippen LogP contribution in [0.3, 0.4) is 0 Å². The fourth-order valence-corrected chi connectivity index (χ4v) is 4.07. The monoisotopic (exact) mass is 562 g/mol. The molecule has 3 aromatic carbocycles. The van der Waals surface area contributed by atoms with Gasteiger partial charge in [-0.1, -0.05) is 34.1 Å². The van der Waals surface area contributed by atoms with Crippen molar-refractivity contribution in [3.05, 3.63) is 99.2 Å². The first kappa shape index (κ1) is 23.4. The maximum atomic E-state index is 12.6. The molecule has 2 heterocycles. The van der Waals surface area contributed by atoms with Gasteiger partial charge in [-0.15, -0.1) is 0 Å². The van der Waals surface area contributed by atoms with Crippen LogP contribution in [0.25, 0.3) is 33.9 Å². The van der Waals surface area contributed by atoms with Gasteiger partial charge in [0.2, 0.25) is 5.89 Å². The van der Waals surface area contributed by atoms with E-state index in [1.807, 2.05) is 24.3 Å². The number of non-ortho nitro benzene ring substituents is 1. The Balaban J connectivity index is 1.26. The lowest BCUT2D eigenvalue weighted by atomic mass is 10.1. The molecule has 2 N–H and O–H groups in total. The summed E-state index contributed by atoms with van der Waals surface area (Å²) in [6, 6.07) is 21.9. The number of carbonyl (C=O) groups is 1. The summed E-state index contributed by atoms with van der Waals surface area (Å²) < 4.78 is 12.3. The van der Waals surface area contributed by atoms with Gasteiger partial charge >= 0.3 is 0 Å². The lowest BCUT2D eigenvalue weighted by Gasteiger charge is -2.08. The highest BCUT2D eigenvalue weighted by molar-refractivity contribution is 9.10. The van der Waals surface area contributed by atoms with Crippen LogP contribution in [0.2, 0.25) is 0 Å². The molecule has 1 amide bonds. The van der Waals surface area contributed by atoms with Crippen LogP contribution in [-0.4, -0.2) is 20.9 Å². The van der Waals surface area contributed by atoms with Crippen LogP contribution in [-0.2, 0) is 0 Å². The molecule has 0 aliphatic heterocycles. The van der Waals surface area contributed by atoms with Gasteiger partial charge in [-0.05, 0) is 60.7 Å². The molecular formula is C25H15BrN4O5S. The second-order valence-electron chi connectivity index (χ2n) is 7.59. The molecule has 0 unspecified atom stereocenters. The van der Waals surface area contributed by atoms with Crippen molar-refractivity contribution >= 4 is 61.6 Å². The first-order valence-corrected chi connectivity index (χ1v) is 11.7. The maximum Gasteiger partial charge on any atom is 0.293 e. The van der Waals surface area contributed by atoms with Gasteiger partial charge in [0.25, 0.3) is 11.6 Å². The summed E-state index contributed by atoms with van der Waals surface area (Å²) in [5.74, 6) is 0.243. The molecule has 178 valence electrons. The van der Waals surface area contributed by atoms with Crippen molar-refractivity contribution in [2.75, 3.05) is 5.32 Å². The molecule has 0 spiro atoms. The second-order valence-corrected chi connectivity index (χ2v) is 8.92. The molecule has 0 saturated carbocycles. The maximum absolute atomic E-state index is 12.6. The largest absolute Gasteiger partial charge is 0.451 e. The van der Waals surface area contributed by atoms with Gasteiger partial charge in [-0.2, -0.15) is 0 Å². The first-order valence-electron chi connectivity index (χ1n) is 10.5. The van der Waals surface area contributed by atoms with E-state index in [1.54, 1.807) is 36.4 Å². The van der Waals surface area contributed by atoms with Gasteiger partial charge in [0, 0.05) is 33.4 Å². The predicted octanol–water partition coefficient (Wildman–Crippen LogP) is 6.55. The van der Waals surface area contributed by atoms with Gasteiger partial charge in [0.1, 0.15) is 11.3 Å². The Bertz CT molecular complexity index is 1640. The summed E-state index contributed by atoms with van der Waals surface area (Å²) in [5, 5.41) is 16.6. The van der Waals surface area contributed by atoms with Gasteiger partial charge in [0.15, 0.2) is 16.5 Å². The van der Waals surface area contributed by atoms with Crippen molar-refractivity contribution in [1.82, 2.24) is 10.3 Å². The standard InChI is InChI=1S/C25H15BrN4O5S/c26-16-5-1-4-15(11-16)24-28-19-13-17(7-8-21(19)35-24)27-25(36)29-23(31)22-10-9-20(34-22)14-3-2-6-18(12-14)30(32)33/h1-13H,(H2,27,29,31,36). The van der Waals surface area contributed by atoms with E-state index < -0.39 is 10.8 Å². The van der Waals surface area contributed by atoms with Crippen LogP contribution >= 0.6 is 28.1 Å². The Hall–Kier alpha value is -4.35. The minimum Gasteiger partial charge on any atom is -0.451 e. The number of carbonyl (C=O) groups excluding carboxylic acids is 1. The summed E-state index contributed by atoms with van der Waals surface area (Å²) >= 11 is 8.71. The summed E-state index contributed by atoms with van der Waals surface area (Å²) in [6.45, 7) is 0. The molecule has 0 aliphatic rings. The molecular weight excluding hydrogens is 548 g/mol. The molecule has 0 atom stereocenters. The quantitative estimate of drug-likeness (QED) is 0.140. The number of aromatic nitrogens is 1. The van der Waals surface area contributed by atoms with E-state index in [2.05, 4.69) is 31.5 Å². The highest BCUT2D eigenvalue weighted by Gasteiger charge is 2.16. The highest BCUT2D eigenvalue weighted by Crippen LogP contribution is 2.28. The number of nitro benzene ring substituents is 1. The third kappa shape index (κ3) is 5.02. The van der Waals surface area contributed by atoms with Crippen LogP contribution < -0.4 is 10.6 Å². The van der Waals surface area contributed by atoms with E-state index in [1.165, 1.54) is 18.2 Å². The third-order valence-corrected chi connectivity index (χ3v) is 5.81. The van der Waals surface area contributed by atoms with Crippen molar-refractivity contribution in [3.8, 4) is 22.8 Å². The average molecular weight is 563 g/mol. The molecule has 0 fully saturated rings. The number of nitro groups is 1. The number of fused-ring (bicyclic) bond motifs is 1. The lowest BCUT2D eigenvalue weighted by molar-refractivity contribution is -0.384. The number of amides is 1. The average Bonchev–Trinajstić information content (AvgIpc) is 3.52. The number of hydrogen-bond acceptors (Lipinski definition) is 7. The van der Waals surface area contributed by atoms with Gasteiger partial charge < -0.3 is 14.2 Å². The molecule has 11 heteroatoms. The minimum atomic E-state index is -0.566. The van der Waals surface area contributed by atoms with E-state index >= 15 is 0 Å². The fourth-order valence-electron chi connectivity index (χ4n) is 3.47. The van der Waals surface area contributed by atoms with E-state index in [9.17, 15) is 14.9 Å². The number of thiocarbonyl (C=S) groups is 1. The lowest BCUT2D eigenvalue weighted by Crippen LogP contribution is -2.33. The third-order valence-electron chi connectivity index (χ3n) is 5.12. The number of hydrogen-bond donors (Lipinski definition) is 2. The Morgan fingerprint density at radius 2 is 1.78 bits per heavy atom. The summed E-state index contributed by atoms with van der Waals surface area (Å²) in [7, 11) is 0. The molecule has 9 nitrogen and oxygen atoms in total. The molecule has 0 saturated heterocycles. The smallest absolute Gasteiger partial charge is 0.293 e.